The molecule has 5 nitrogen and oxygen atoms in total. The van der Waals surface area contributed by atoms with E-state index in [-0.39, 0.29) is 25.2 Å². The molecule has 0 heterocycles. The van der Waals surface area contributed by atoms with E-state index in [2.05, 4.69) is 33.0 Å². The van der Waals surface area contributed by atoms with Crippen molar-refractivity contribution in [3.8, 4) is 5.75 Å². The lowest BCUT2D eigenvalue weighted by Gasteiger charge is -2.34. The number of amides is 1. The SMILES string of the molecule is Cc1ccc(C(C)C)c(OCC(=O)OCC(=O)N[C@@H]2CCC[C@H](C)[C@@H]2C)c1. The van der Waals surface area contributed by atoms with Crippen LogP contribution in [0.5, 0.6) is 5.75 Å². The number of carbonyl (C=O) groups excluding carboxylic acids is 2. The fourth-order valence-corrected chi connectivity index (χ4v) is 3.60. The number of esters is 1. The number of hydrogen-bond donors (Lipinski definition) is 1. The third-order valence-corrected chi connectivity index (χ3v) is 5.55. The molecule has 150 valence electrons. The summed E-state index contributed by atoms with van der Waals surface area (Å²) in [6, 6.07) is 6.12. The van der Waals surface area contributed by atoms with Crippen molar-refractivity contribution in [2.45, 2.75) is 65.8 Å². The number of nitrogens with one attached hydrogen (secondary N) is 1. The van der Waals surface area contributed by atoms with Gasteiger partial charge < -0.3 is 14.8 Å². The molecule has 3 atom stereocenters. The minimum atomic E-state index is -0.536. The van der Waals surface area contributed by atoms with Gasteiger partial charge in [-0.25, -0.2) is 4.79 Å². The maximum absolute atomic E-state index is 12.1. The molecule has 0 aliphatic heterocycles. The zero-order valence-corrected chi connectivity index (χ0v) is 17.2. The number of ether oxygens (including phenoxy) is 2. The molecule has 1 aromatic rings. The van der Waals surface area contributed by atoms with Gasteiger partial charge in [0.05, 0.1) is 0 Å². The maximum Gasteiger partial charge on any atom is 0.344 e. The van der Waals surface area contributed by atoms with E-state index in [9.17, 15) is 9.59 Å². The summed E-state index contributed by atoms with van der Waals surface area (Å²) in [4.78, 5) is 24.1. The summed E-state index contributed by atoms with van der Waals surface area (Å²) in [6.45, 7) is 10.1. The zero-order chi connectivity index (χ0) is 20.0. The summed E-state index contributed by atoms with van der Waals surface area (Å²) in [7, 11) is 0. The summed E-state index contributed by atoms with van der Waals surface area (Å²) in [6.07, 6.45) is 3.32. The lowest BCUT2D eigenvalue weighted by Crippen LogP contribution is -2.45. The van der Waals surface area contributed by atoms with Gasteiger partial charge in [-0.2, -0.15) is 0 Å². The smallest absolute Gasteiger partial charge is 0.344 e. The van der Waals surface area contributed by atoms with Gasteiger partial charge in [-0.1, -0.05) is 52.7 Å². The van der Waals surface area contributed by atoms with Crippen molar-refractivity contribution in [2.24, 2.45) is 11.8 Å². The van der Waals surface area contributed by atoms with E-state index < -0.39 is 5.97 Å². The van der Waals surface area contributed by atoms with Gasteiger partial charge in [-0.3, -0.25) is 4.79 Å². The first-order valence-corrected chi connectivity index (χ1v) is 9.96. The molecule has 0 saturated heterocycles. The molecule has 0 unspecified atom stereocenters. The van der Waals surface area contributed by atoms with Crippen LogP contribution in [-0.4, -0.2) is 31.1 Å². The van der Waals surface area contributed by atoms with Gasteiger partial charge >= 0.3 is 5.97 Å². The molecule has 0 radical (unpaired) electrons. The quantitative estimate of drug-likeness (QED) is 0.732. The molecule has 0 aromatic heterocycles. The number of aryl methyl sites for hydroxylation is 1. The number of hydrogen-bond acceptors (Lipinski definition) is 4. The highest BCUT2D eigenvalue weighted by atomic mass is 16.6. The molecule has 1 aliphatic rings. The lowest BCUT2D eigenvalue weighted by molar-refractivity contribution is -0.150. The van der Waals surface area contributed by atoms with E-state index in [0.717, 1.165) is 24.0 Å². The average molecular weight is 376 g/mol. The Hall–Kier alpha value is -2.04. The summed E-state index contributed by atoms with van der Waals surface area (Å²) in [5.41, 5.74) is 2.12. The Kier molecular flexibility index (Phi) is 7.69. The molecule has 1 saturated carbocycles. The monoisotopic (exact) mass is 375 g/mol. The van der Waals surface area contributed by atoms with Gasteiger partial charge in [0.25, 0.3) is 5.91 Å². The van der Waals surface area contributed by atoms with Crippen LogP contribution in [0.2, 0.25) is 0 Å². The van der Waals surface area contributed by atoms with Crippen LogP contribution < -0.4 is 10.1 Å². The molecule has 0 spiro atoms. The summed E-state index contributed by atoms with van der Waals surface area (Å²) >= 11 is 0. The highest BCUT2D eigenvalue weighted by Gasteiger charge is 2.28. The van der Waals surface area contributed by atoms with Gasteiger partial charge in [-0.15, -0.1) is 0 Å². The molecule has 1 N–H and O–H groups in total. The summed E-state index contributed by atoms with van der Waals surface area (Å²) in [5.74, 6) is 1.25. The van der Waals surface area contributed by atoms with Crippen LogP contribution >= 0.6 is 0 Å². The number of carbonyl (C=O) groups is 2. The first-order chi connectivity index (χ1) is 12.8. The van der Waals surface area contributed by atoms with Crippen LogP contribution in [0.3, 0.4) is 0 Å². The highest BCUT2D eigenvalue weighted by molar-refractivity contribution is 5.81. The molecule has 1 amide bonds. The van der Waals surface area contributed by atoms with Crippen molar-refractivity contribution in [1.29, 1.82) is 0 Å². The molecule has 1 fully saturated rings. The fourth-order valence-electron chi connectivity index (χ4n) is 3.60. The summed E-state index contributed by atoms with van der Waals surface area (Å²) < 4.78 is 10.7. The Bertz CT molecular complexity index is 656. The molecular weight excluding hydrogens is 342 g/mol. The third-order valence-electron chi connectivity index (χ3n) is 5.55. The van der Waals surface area contributed by atoms with E-state index in [1.165, 1.54) is 6.42 Å². The van der Waals surface area contributed by atoms with E-state index in [0.29, 0.717) is 23.5 Å². The van der Waals surface area contributed by atoms with Crippen molar-refractivity contribution in [3.63, 3.8) is 0 Å². The van der Waals surface area contributed by atoms with E-state index >= 15 is 0 Å². The van der Waals surface area contributed by atoms with Crippen molar-refractivity contribution in [3.05, 3.63) is 29.3 Å². The Morgan fingerprint density at radius 2 is 1.93 bits per heavy atom. The van der Waals surface area contributed by atoms with Crippen molar-refractivity contribution in [2.75, 3.05) is 13.2 Å². The predicted octanol–water partition coefficient (Wildman–Crippen LogP) is 3.98. The second-order valence-corrected chi connectivity index (χ2v) is 8.09. The minimum absolute atomic E-state index is 0.164. The van der Waals surface area contributed by atoms with Crippen LogP contribution in [0.4, 0.5) is 0 Å². The van der Waals surface area contributed by atoms with Gasteiger partial charge in [-0.05, 0) is 48.3 Å². The normalized spacial score (nSPS) is 22.4. The van der Waals surface area contributed by atoms with Crippen molar-refractivity contribution >= 4 is 11.9 Å². The number of rotatable bonds is 7. The third kappa shape index (κ3) is 6.26. The van der Waals surface area contributed by atoms with E-state index in [1.807, 2.05) is 25.1 Å². The van der Waals surface area contributed by atoms with Crippen LogP contribution in [0.1, 0.15) is 64.0 Å². The first-order valence-electron chi connectivity index (χ1n) is 9.96. The standard InChI is InChI=1S/C22H33NO4/c1-14(2)18-10-9-15(3)11-20(18)26-13-22(25)27-12-21(24)23-19-8-6-7-16(4)17(19)5/h9-11,14,16-17,19H,6-8,12-13H2,1-5H3,(H,23,24)/t16-,17-,19+/m0/s1. The largest absolute Gasteiger partial charge is 0.482 e. The summed E-state index contributed by atoms with van der Waals surface area (Å²) in [5, 5.41) is 3.00. The Balaban J connectivity index is 1.78. The maximum atomic E-state index is 12.1. The van der Waals surface area contributed by atoms with Gasteiger partial charge in [0.15, 0.2) is 13.2 Å². The van der Waals surface area contributed by atoms with Crippen LogP contribution in [-0.2, 0) is 14.3 Å². The fraction of sp³-hybridized carbons (Fsp3) is 0.636. The van der Waals surface area contributed by atoms with Crippen LogP contribution in [0.15, 0.2) is 18.2 Å². The van der Waals surface area contributed by atoms with Gasteiger partial charge in [0.2, 0.25) is 0 Å². The van der Waals surface area contributed by atoms with Crippen LogP contribution in [0.25, 0.3) is 0 Å². The molecule has 2 rings (SSSR count). The second kappa shape index (κ2) is 9.77. The lowest BCUT2D eigenvalue weighted by atomic mass is 9.78. The molecule has 5 heteroatoms. The first kappa shape index (κ1) is 21.3. The van der Waals surface area contributed by atoms with E-state index in [4.69, 9.17) is 9.47 Å². The van der Waals surface area contributed by atoms with E-state index in [1.54, 1.807) is 0 Å². The van der Waals surface area contributed by atoms with Crippen LogP contribution in [0, 0.1) is 18.8 Å². The molecule has 0 bridgehead atoms. The Morgan fingerprint density at radius 3 is 2.63 bits per heavy atom. The van der Waals surface area contributed by atoms with Crippen molar-refractivity contribution < 1.29 is 19.1 Å². The zero-order valence-electron chi connectivity index (χ0n) is 17.2. The second-order valence-electron chi connectivity index (χ2n) is 8.09. The molecular formula is C22H33NO4. The Morgan fingerprint density at radius 1 is 1.19 bits per heavy atom. The molecule has 27 heavy (non-hydrogen) atoms. The average Bonchev–Trinajstić information content (AvgIpc) is 2.62. The molecule has 1 aliphatic carbocycles. The topological polar surface area (TPSA) is 64.6 Å². The van der Waals surface area contributed by atoms with Crippen molar-refractivity contribution in [1.82, 2.24) is 5.32 Å². The Labute approximate surface area is 162 Å². The molecule has 1 aromatic carbocycles. The van der Waals surface area contributed by atoms with Gasteiger partial charge in [0.1, 0.15) is 5.75 Å². The highest BCUT2D eigenvalue weighted by Crippen LogP contribution is 2.29. The van der Waals surface area contributed by atoms with Gasteiger partial charge in [0, 0.05) is 6.04 Å². The number of benzene rings is 1. The minimum Gasteiger partial charge on any atom is -0.482 e. The predicted molar refractivity (Wildman–Crippen MR) is 106 cm³/mol.